The first-order valence-electron chi connectivity index (χ1n) is 8.15. The van der Waals surface area contributed by atoms with Gasteiger partial charge in [-0.3, -0.25) is 0 Å². The van der Waals surface area contributed by atoms with Gasteiger partial charge in [-0.05, 0) is 55.7 Å². The average molecular weight is 361 g/mol. The van der Waals surface area contributed by atoms with Crippen LogP contribution in [0.2, 0.25) is 0 Å². The van der Waals surface area contributed by atoms with Crippen LogP contribution in [0, 0.1) is 11.8 Å². The Morgan fingerprint density at radius 1 is 1.22 bits per heavy atom. The maximum atomic E-state index is 12.8. The van der Waals surface area contributed by atoms with E-state index in [1.807, 2.05) is 19.1 Å². The smallest absolute Gasteiger partial charge is 0.243 e. The van der Waals surface area contributed by atoms with Crippen LogP contribution in [0.25, 0.3) is 0 Å². The third-order valence-corrected chi connectivity index (χ3v) is 6.25. The molecule has 1 aliphatic rings. The lowest BCUT2D eigenvalue weighted by molar-refractivity contribution is 0.243. The maximum Gasteiger partial charge on any atom is 0.243 e. The van der Waals surface area contributed by atoms with E-state index < -0.39 is 10.0 Å². The predicted molar refractivity (Wildman–Crippen MR) is 97.4 cm³/mol. The number of hydrogen-bond donors (Lipinski definition) is 1. The predicted octanol–water partition coefficient (Wildman–Crippen LogP) is 3.05. The highest BCUT2D eigenvalue weighted by Gasteiger charge is 2.31. The number of halogens is 1. The lowest BCUT2D eigenvalue weighted by Gasteiger charge is -2.33. The largest absolute Gasteiger partial charge is 0.328 e. The molecule has 0 radical (unpaired) electrons. The molecule has 4 nitrogen and oxygen atoms in total. The molecule has 0 saturated carbocycles. The van der Waals surface area contributed by atoms with E-state index in [1.165, 1.54) is 5.56 Å². The third kappa shape index (κ3) is 5.18. The molecule has 0 spiro atoms. The molecule has 1 saturated heterocycles. The number of piperidine rings is 1. The zero-order valence-electron chi connectivity index (χ0n) is 14.2. The van der Waals surface area contributed by atoms with Crippen molar-refractivity contribution >= 4 is 22.4 Å². The van der Waals surface area contributed by atoms with Crippen LogP contribution in [0.4, 0.5) is 0 Å². The lowest BCUT2D eigenvalue weighted by atomic mass is 9.93. The normalized spacial score (nSPS) is 21.0. The van der Waals surface area contributed by atoms with Crippen LogP contribution in [0.15, 0.2) is 29.2 Å². The Labute approximate surface area is 146 Å². The number of nitrogens with zero attached hydrogens (tertiary/aromatic N) is 1. The molecule has 2 atom stereocenters. The van der Waals surface area contributed by atoms with Gasteiger partial charge in [0.2, 0.25) is 10.0 Å². The van der Waals surface area contributed by atoms with E-state index in [4.69, 9.17) is 5.73 Å². The average Bonchev–Trinajstić information content (AvgIpc) is 2.47. The molecule has 1 aromatic carbocycles. The van der Waals surface area contributed by atoms with Crippen LogP contribution < -0.4 is 5.73 Å². The fraction of sp³-hybridized carbons (Fsp3) is 0.647. The molecule has 0 aliphatic carbocycles. The number of sulfonamides is 1. The van der Waals surface area contributed by atoms with Crippen molar-refractivity contribution in [3.63, 3.8) is 0 Å². The monoisotopic (exact) mass is 360 g/mol. The maximum absolute atomic E-state index is 12.8. The van der Waals surface area contributed by atoms with Gasteiger partial charge in [0.25, 0.3) is 0 Å². The molecule has 2 unspecified atom stereocenters. The Morgan fingerprint density at radius 3 is 2.35 bits per heavy atom. The van der Waals surface area contributed by atoms with E-state index in [2.05, 4.69) is 13.8 Å². The van der Waals surface area contributed by atoms with Gasteiger partial charge in [-0.15, -0.1) is 12.4 Å². The van der Waals surface area contributed by atoms with E-state index in [0.717, 1.165) is 19.3 Å². The highest BCUT2D eigenvalue weighted by Crippen LogP contribution is 2.25. The molecule has 2 N–H and O–H groups in total. The second-order valence-electron chi connectivity index (χ2n) is 6.87. The minimum atomic E-state index is -3.40. The number of hydrogen-bond acceptors (Lipinski definition) is 3. The molecular weight excluding hydrogens is 332 g/mol. The van der Waals surface area contributed by atoms with Gasteiger partial charge >= 0.3 is 0 Å². The summed E-state index contributed by atoms with van der Waals surface area (Å²) in [7, 11) is -3.40. The van der Waals surface area contributed by atoms with Crippen molar-refractivity contribution in [2.24, 2.45) is 17.6 Å². The second-order valence-corrected chi connectivity index (χ2v) is 8.80. The summed E-state index contributed by atoms with van der Waals surface area (Å²) in [5.74, 6) is 0.820. The Kier molecular flexibility index (Phi) is 7.52. The molecule has 1 aliphatic heterocycles. The van der Waals surface area contributed by atoms with Crippen LogP contribution in [-0.2, 0) is 16.4 Å². The summed E-state index contributed by atoms with van der Waals surface area (Å²) in [6.07, 6.45) is 2.87. The van der Waals surface area contributed by atoms with Crippen molar-refractivity contribution in [2.45, 2.75) is 51.0 Å². The molecule has 132 valence electrons. The summed E-state index contributed by atoms with van der Waals surface area (Å²) in [4.78, 5) is 0.394. The molecule has 6 heteroatoms. The van der Waals surface area contributed by atoms with Gasteiger partial charge in [-0.2, -0.15) is 4.31 Å². The van der Waals surface area contributed by atoms with Gasteiger partial charge in [0.15, 0.2) is 0 Å². The summed E-state index contributed by atoms with van der Waals surface area (Å²) in [6, 6.07) is 7.37. The van der Waals surface area contributed by atoms with Gasteiger partial charge in [0.05, 0.1) is 4.90 Å². The number of benzene rings is 1. The van der Waals surface area contributed by atoms with Gasteiger partial charge in [0.1, 0.15) is 0 Å². The van der Waals surface area contributed by atoms with Crippen LogP contribution in [0.3, 0.4) is 0 Å². The van der Waals surface area contributed by atoms with Gasteiger partial charge in [-0.1, -0.05) is 26.0 Å². The summed E-state index contributed by atoms with van der Waals surface area (Å²) < 4.78 is 27.1. The Morgan fingerprint density at radius 2 is 1.83 bits per heavy atom. The molecule has 1 heterocycles. The number of nitrogens with two attached hydrogens (primary N) is 1. The molecule has 2 rings (SSSR count). The van der Waals surface area contributed by atoms with Crippen molar-refractivity contribution in [1.29, 1.82) is 0 Å². The van der Waals surface area contributed by atoms with Crippen molar-refractivity contribution in [1.82, 2.24) is 4.31 Å². The molecule has 0 aromatic heterocycles. The highest BCUT2D eigenvalue weighted by molar-refractivity contribution is 7.89. The summed E-state index contributed by atoms with van der Waals surface area (Å²) in [6.45, 7) is 7.41. The molecule has 0 bridgehead atoms. The SMILES string of the molecule is CC(C)Cc1ccc(S(=O)(=O)N2CCCC(C(C)N)C2)cc1.Cl. The van der Waals surface area contributed by atoms with Crippen LogP contribution in [0.5, 0.6) is 0 Å². The quantitative estimate of drug-likeness (QED) is 0.877. The number of rotatable bonds is 5. The van der Waals surface area contributed by atoms with E-state index in [-0.39, 0.29) is 24.4 Å². The van der Waals surface area contributed by atoms with E-state index in [9.17, 15) is 8.42 Å². The second kappa shape index (κ2) is 8.47. The van der Waals surface area contributed by atoms with Crippen molar-refractivity contribution in [2.75, 3.05) is 13.1 Å². The molecule has 23 heavy (non-hydrogen) atoms. The first-order valence-corrected chi connectivity index (χ1v) is 9.59. The third-order valence-electron chi connectivity index (χ3n) is 4.37. The minimum Gasteiger partial charge on any atom is -0.328 e. The molecule has 1 aromatic rings. The van der Waals surface area contributed by atoms with Crippen LogP contribution in [0.1, 0.15) is 39.2 Å². The van der Waals surface area contributed by atoms with Crippen molar-refractivity contribution in [3.8, 4) is 0 Å². The summed E-state index contributed by atoms with van der Waals surface area (Å²) in [5.41, 5.74) is 7.14. The van der Waals surface area contributed by atoms with Crippen LogP contribution >= 0.6 is 12.4 Å². The van der Waals surface area contributed by atoms with Gasteiger partial charge < -0.3 is 5.73 Å². The van der Waals surface area contributed by atoms with Crippen molar-refractivity contribution in [3.05, 3.63) is 29.8 Å². The summed E-state index contributed by atoms with van der Waals surface area (Å²) >= 11 is 0. The van der Waals surface area contributed by atoms with E-state index in [0.29, 0.717) is 23.9 Å². The fourth-order valence-electron chi connectivity index (χ4n) is 3.04. The lowest BCUT2D eigenvalue weighted by Crippen LogP contribution is -2.44. The Hall–Kier alpha value is -0.620. The van der Waals surface area contributed by atoms with Gasteiger partial charge in [-0.25, -0.2) is 8.42 Å². The van der Waals surface area contributed by atoms with Crippen LogP contribution in [-0.4, -0.2) is 31.9 Å². The molecular formula is C17H29ClN2O2S. The van der Waals surface area contributed by atoms with E-state index >= 15 is 0 Å². The highest BCUT2D eigenvalue weighted by atomic mass is 35.5. The first-order chi connectivity index (χ1) is 10.3. The van der Waals surface area contributed by atoms with Gasteiger partial charge in [0, 0.05) is 19.1 Å². The molecule has 0 amide bonds. The fourth-order valence-corrected chi connectivity index (χ4v) is 4.57. The van der Waals surface area contributed by atoms with Crippen molar-refractivity contribution < 1.29 is 8.42 Å². The molecule has 1 fully saturated rings. The first kappa shape index (κ1) is 20.4. The zero-order valence-corrected chi connectivity index (χ0v) is 15.9. The Bertz CT molecular complexity index is 585. The zero-order chi connectivity index (χ0) is 16.3. The topological polar surface area (TPSA) is 63.4 Å². The van der Waals surface area contributed by atoms with E-state index in [1.54, 1.807) is 16.4 Å². The summed E-state index contributed by atoms with van der Waals surface area (Å²) in [5, 5.41) is 0. The Balaban J connectivity index is 0.00000264. The minimum absolute atomic E-state index is 0. The standard InChI is InChI=1S/C17H28N2O2S.ClH/c1-13(2)11-15-6-8-17(9-7-15)22(20,21)19-10-4-5-16(12-19)14(3)18;/h6-9,13-14,16H,4-5,10-12,18H2,1-3H3;1H.